The van der Waals surface area contributed by atoms with Crippen LogP contribution >= 0.6 is 0 Å². The van der Waals surface area contributed by atoms with Crippen molar-refractivity contribution in [1.29, 1.82) is 0 Å². The minimum absolute atomic E-state index is 0.198. The van der Waals surface area contributed by atoms with Crippen molar-refractivity contribution in [2.45, 2.75) is 0 Å². The largest absolute Gasteiger partial charge is 0.493 e. The summed E-state index contributed by atoms with van der Waals surface area (Å²) in [5.41, 5.74) is 6.23. The van der Waals surface area contributed by atoms with Crippen LogP contribution in [0.1, 0.15) is 31.1 Å². The highest BCUT2D eigenvalue weighted by molar-refractivity contribution is 6.04. The molecule has 0 saturated carbocycles. The summed E-state index contributed by atoms with van der Waals surface area (Å²) in [4.78, 5) is 37.1. The van der Waals surface area contributed by atoms with Crippen LogP contribution in [0.15, 0.2) is 66.7 Å². The first-order valence-corrected chi connectivity index (χ1v) is 9.84. The van der Waals surface area contributed by atoms with Crippen LogP contribution in [-0.2, 0) is 0 Å². The predicted molar refractivity (Wildman–Crippen MR) is 122 cm³/mol. The van der Waals surface area contributed by atoms with Gasteiger partial charge in [-0.05, 0) is 48.5 Å². The van der Waals surface area contributed by atoms with E-state index in [4.69, 9.17) is 14.2 Å². The van der Waals surface area contributed by atoms with Gasteiger partial charge in [-0.1, -0.05) is 18.2 Å². The monoisotopic (exact) mass is 449 g/mol. The van der Waals surface area contributed by atoms with Crippen molar-refractivity contribution in [2.24, 2.45) is 0 Å². The molecule has 9 heteroatoms. The number of hydrogen-bond acceptors (Lipinski definition) is 6. The molecule has 0 unspecified atom stereocenters. The topological polar surface area (TPSA) is 115 Å². The van der Waals surface area contributed by atoms with E-state index in [1.807, 2.05) is 6.07 Å². The molecule has 0 aliphatic carbocycles. The molecule has 0 radical (unpaired) electrons. The molecular formula is C24H23N3O6. The fraction of sp³-hybridized carbons (Fsp3) is 0.125. The second kappa shape index (κ2) is 10.7. The van der Waals surface area contributed by atoms with E-state index in [-0.39, 0.29) is 17.0 Å². The van der Waals surface area contributed by atoms with Crippen LogP contribution in [0.2, 0.25) is 0 Å². The number of rotatable bonds is 7. The lowest BCUT2D eigenvalue weighted by Crippen LogP contribution is -2.41. The van der Waals surface area contributed by atoms with E-state index in [1.165, 1.54) is 45.6 Å². The van der Waals surface area contributed by atoms with Gasteiger partial charge in [0.25, 0.3) is 17.7 Å². The van der Waals surface area contributed by atoms with Gasteiger partial charge in [0.05, 0.1) is 21.3 Å². The third-order valence-electron chi connectivity index (χ3n) is 4.66. The van der Waals surface area contributed by atoms with Gasteiger partial charge >= 0.3 is 0 Å². The van der Waals surface area contributed by atoms with Gasteiger partial charge in [0.15, 0.2) is 11.5 Å². The van der Waals surface area contributed by atoms with Crippen molar-refractivity contribution in [2.75, 3.05) is 26.6 Å². The summed E-state index contributed by atoms with van der Waals surface area (Å²) in [5, 5.41) is 2.75. The third-order valence-corrected chi connectivity index (χ3v) is 4.66. The first kappa shape index (κ1) is 23.1. The smallest absolute Gasteiger partial charge is 0.269 e. The molecule has 0 atom stereocenters. The molecular weight excluding hydrogens is 426 g/mol. The second-order valence-corrected chi connectivity index (χ2v) is 6.72. The number of nitrogens with one attached hydrogen (secondary N) is 3. The van der Waals surface area contributed by atoms with Crippen molar-refractivity contribution in [3.8, 4) is 17.2 Å². The van der Waals surface area contributed by atoms with Crippen molar-refractivity contribution >= 4 is 23.4 Å². The van der Waals surface area contributed by atoms with E-state index in [0.717, 1.165) is 0 Å². The summed E-state index contributed by atoms with van der Waals surface area (Å²) in [6.07, 6.45) is 0. The Kier molecular flexibility index (Phi) is 7.48. The minimum atomic E-state index is -0.575. The van der Waals surface area contributed by atoms with E-state index in [0.29, 0.717) is 28.5 Å². The van der Waals surface area contributed by atoms with Crippen molar-refractivity contribution in [3.05, 3.63) is 83.4 Å². The second-order valence-electron chi connectivity index (χ2n) is 6.72. The Balaban J connectivity index is 1.61. The summed E-state index contributed by atoms with van der Waals surface area (Å²) < 4.78 is 15.7. The summed E-state index contributed by atoms with van der Waals surface area (Å²) in [6.45, 7) is 0. The zero-order valence-corrected chi connectivity index (χ0v) is 18.3. The molecule has 170 valence electrons. The number of ether oxygens (including phenoxy) is 3. The number of carbonyl (C=O) groups is 3. The van der Waals surface area contributed by atoms with E-state index in [1.54, 1.807) is 36.4 Å². The first-order chi connectivity index (χ1) is 16.0. The molecule has 3 amide bonds. The fourth-order valence-corrected chi connectivity index (χ4v) is 2.97. The van der Waals surface area contributed by atoms with Crippen LogP contribution in [0.5, 0.6) is 17.2 Å². The number of hydrazine groups is 1. The van der Waals surface area contributed by atoms with Gasteiger partial charge in [-0.25, -0.2) is 0 Å². The maximum atomic E-state index is 12.5. The number of hydrogen-bond donors (Lipinski definition) is 3. The summed E-state index contributed by atoms with van der Waals surface area (Å²) in [6, 6.07) is 18.0. The molecule has 0 saturated heterocycles. The Morgan fingerprint density at radius 2 is 1.12 bits per heavy atom. The molecule has 0 aliphatic rings. The number of methoxy groups -OCH3 is 3. The highest BCUT2D eigenvalue weighted by atomic mass is 16.5. The van der Waals surface area contributed by atoms with Crippen LogP contribution in [0.4, 0.5) is 5.69 Å². The lowest BCUT2D eigenvalue weighted by molar-refractivity contribution is 0.0846. The van der Waals surface area contributed by atoms with Gasteiger partial charge in [-0.15, -0.1) is 0 Å². The van der Waals surface area contributed by atoms with E-state index in [9.17, 15) is 14.4 Å². The van der Waals surface area contributed by atoms with Gasteiger partial charge in [0, 0.05) is 22.4 Å². The van der Waals surface area contributed by atoms with Gasteiger partial charge in [-0.3, -0.25) is 25.2 Å². The normalized spacial score (nSPS) is 10.0. The average Bonchev–Trinajstić information content (AvgIpc) is 2.86. The Bertz CT molecular complexity index is 1120. The van der Waals surface area contributed by atoms with Gasteiger partial charge in [0.2, 0.25) is 5.75 Å². The number of amides is 3. The fourth-order valence-electron chi connectivity index (χ4n) is 2.97. The maximum Gasteiger partial charge on any atom is 0.269 e. The van der Waals surface area contributed by atoms with Crippen LogP contribution < -0.4 is 30.4 Å². The Morgan fingerprint density at radius 1 is 0.606 bits per heavy atom. The molecule has 3 rings (SSSR count). The number of anilines is 1. The van der Waals surface area contributed by atoms with Crippen molar-refractivity contribution < 1.29 is 28.6 Å². The summed E-state index contributed by atoms with van der Waals surface area (Å²) in [7, 11) is 4.33. The van der Waals surface area contributed by atoms with E-state index >= 15 is 0 Å². The molecule has 0 fully saturated rings. The predicted octanol–water partition coefficient (Wildman–Crippen LogP) is 3.04. The SMILES string of the molecule is COc1cc(C(=O)NNC(=O)c2ccc(NC(=O)c3ccccc3)cc2)cc(OC)c1OC. The molecule has 0 aliphatic heterocycles. The van der Waals surface area contributed by atoms with Crippen LogP contribution in [-0.4, -0.2) is 39.1 Å². The first-order valence-electron chi connectivity index (χ1n) is 9.84. The summed E-state index contributed by atoms with van der Waals surface area (Å²) in [5.74, 6) is -0.403. The Labute approximate surface area is 190 Å². The van der Waals surface area contributed by atoms with Gasteiger partial charge < -0.3 is 19.5 Å². The molecule has 3 aromatic carbocycles. The maximum absolute atomic E-state index is 12.5. The van der Waals surface area contributed by atoms with Crippen LogP contribution in [0.3, 0.4) is 0 Å². The van der Waals surface area contributed by atoms with Crippen LogP contribution in [0, 0.1) is 0 Å². The Morgan fingerprint density at radius 3 is 1.64 bits per heavy atom. The molecule has 0 aromatic heterocycles. The molecule has 9 nitrogen and oxygen atoms in total. The molecule has 3 aromatic rings. The van der Waals surface area contributed by atoms with Crippen molar-refractivity contribution in [3.63, 3.8) is 0 Å². The molecule has 0 spiro atoms. The molecule has 33 heavy (non-hydrogen) atoms. The molecule has 0 bridgehead atoms. The van der Waals surface area contributed by atoms with Gasteiger partial charge in [-0.2, -0.15) is 0 Å². The Hall–Kier alpha value is -4.53. The lowest BCUT2D eigenvalue weighted by atomic mass is 10.1. The zero-order valence-electron chi connectivity index (χ0n) is 18.3. The third kappa shape index (κ3) is 5.59. The van der Waals surface area contributed by atoms with E-state index < -0.39 is 11.8 Å². The standard InChI is InChI=1S/C24H23N3O6/c1-31-19-13-17(14-20(32-2)21(19)33-3)24(30)27-26-23(29)16-9-11-18(12-10-16)25-22(28)15-7-5-4-6-8-15/h4-14H,1-3H3,(H,25,28)(H,26,29)(H,27,30). The molecule has 0 heterocycles. The zero-order chi connectivity index (χ0) is 23.8. The quantitative estimate of drug-likeness (QED) is 0.478. The number of benzene rings is 3. The van der Waals surface area contributed by atoms with Gasteiger partial charge in [0.1, 0.15) is 0 Å². The minimum Gasteiger partial charge on any atom is -0.493 e. The van der Waals surface area contributed by atoms with E-state index in [2.05, 4.69) is 16.2 Å². The van der Waals surface area contributed by atoms with Crippen LogP contribution in [0.25, 0.3) is 0 Å². The lowest BCUT2D eigenvalue weighted by Gasteiger charge is -2.14. The summed E-state index contributed by atoms with van der Waals surface area (Å²) >= 11 is 0. The average molecular weight is 449 g/mol. The highest BCUT2D eigenvalue weighted by Crippen LogP contribution is 2.38. The molecule has 3 N–H and O–H groups in total. The highest BCUT2D eigenvalue weighted by Gasteiger charge is 2.17. The van der Waals surface area contributed by atoms with Crippen molar-refractivity contribution in [1.82, 2.24) is 10.9 Å². The number of carbonyl (C=O) groups excluding carboxylic acids is 3.